The molecule has 1 heterocycles. The van der Waals surface area contributed by atoms with E-state index in [1.165, 1.54) is 7.11 Å². The molecule has 0 atom stereocenters. The molecular weight excluding hydrogens is 318 g/mol. The SMILES string of the molecule is COc1ccc2cc(C(=O)c3ccc([N+](C)(C)C)cc3)c(=O)oc2c1. The van der Waals surface area contributed by atoms with Gasteiger partial charge in [-0.05, 0) is 42.5 Å². The lowest BCUT2D eigenvalue weighted by atomic mass is 10.0. The molecule has 5 nitrogen and oxygen atoms in total. The van der Waals surface area contributed by atoms with Crippen molar-refractivity contribution in [1.82, 2.24) is 4.48 Å². The molecule has 0 N–H and O–H groups in total. The molecule has 3 aromatic rings. The van der Waals surface area contributed by atoms with Gasteiger partial charge in [0.05, 0.1) is 28.3 Å². The Balaban J connectivity index is 2.02. The van der Waals surface area contributed by atoms with Gasteiger partial charge < -0.3 is 9.15 Å². The van der Waals surface area contributed by atoms with Crippen LogP contribution in [0.15, 0.2) is 57.7 Å². The van der Waals surface area contributed by atoms with Gasteiger partial charge >= 0.3 is 5.63 Å². The maximum Gasteiger partial charge on any atom is 0.347 e. The molecule has 3 rings (SSSR count). The van der Waals surface area contributed by atoms with Crippen molar-refractivity contribution in [2.24, 2.45) is 0 Å². The molecule has 0 amide bonds. The molecule has 25 heavy (non-hydrogen) atoms. The Hall–Kier alpha value is -2.92. The first kappa shape index (κ1) is 16.9. The number of carbonyl (C=O) groups excluding carboxylic acids is 1. The van der Waals surface area contributed by atoms with E-state index in [1.807, 2.05) is 33.3 Å². The summed E-state index contributed by atoms with van der Waals surface area (Å²) in [6.07, 6.45) is 0. The first-order valence-corrected chi connectivity index (χ1v) is 7.88. The number of ether oxygens (including phenoxy) is 1. The summed E-state index contributed by atoms with van der Waals surface area (Å²) >= 11 is 0. The van der Waals surface area contributed by atoms with E-state index in [0.717, 1.165) is 5.69 Å². The van der Waals surface area contributed by atoms with Crippen LogP contribution in [0.4, 0.5) is 5.69 Å². The third kappa shape index (κ3) is 3.32. The molecule has 0 saturated heterocycles. The number of ketones is 1. The van der Waals surface area contributed by atoms with Gasteiger partial charge in [0, 0.05) is 17.0 Å². The highest BCUT2D eigenvalue weighted by molar-refractivity contribution is 6.10. The predicted octanol–water partition coefficient (Wildman–Crippen LogP) is 3.23. The molecule has 1 aromatic heterocycles. The summed E-state index contributed by atoms with van der Waals surface area (Å²) in [7, 11) is 7.67. The number of hydrogen-bond acceptors (Lipinski definition) is 4. The van der Waals surface area contributed by atoms with E-state index in [4.69, 9.17) is 9.15 Å². The summed E-state index contributed by atoms with van der Waals surface area (Å²) in [5.74, 6) is 0.241. The van der Waals surface area contributed by atoms with Gasteiger partial charge in [0.1, 0.15) is 22.6 Å². The van der Waals surface area contributed by atoms with Gasteiger partial charge in [-0.15, -0.1) is 0 Å². The Kier molecular flexibility index (Phi) is 4.18. The largest absolute Gasteiger partial charge is 0.497 e. The fourth-order valence-electron chi connectivity index (χ4n) is 2.59. The Morgan fingerprint density at radius 1 is 1.00 bits per heavy atom. The van der Waals surface area contributed by atoms with Crippen LogP contribution in [0.1, 0.15) is 15.9 Å². The maximum atomic E-state index is 12.7. The highest BCUT2D eigenvalue weighted by Crippen LogP contribution is 2.22. The van der Waals surface area contributed by atoms with Crippen LogP contribution in [0.2, 0.25) is 0 Å². The quantitative estimate of drug-likeness (QED) is 0.416. The van der Waals surface area contributed by atoms with Crippen LogP contribution >= 0.6 is 0 Å². The molecule has 128 valence electrons. The highest BCUT2D eigenvalue weighted by Gasteiger charge is 2.18. The van der Waals surface area contributed by atoms with Crippen molar-refractivity contribution >= 4 is 22.4 Å². The van der Waals surface area contributed by atoms with E-state index < -0.39 is 5.63 Å². The Labute approximate surface area is 145 Å². The average molecular weight is 338 g/mol. The molecule has 0 saturated carbocycles. The van der Waals surface area contributed by atoms with E-state index in [-0.39, 0.29) is 11.3 Å². The van der Waals surface area contributed by atoms with Gasteiger partial charge in [-0.2, -0.15) is 0 Å². The number of fused-ring (bicyclic) bond motifs is 1. The van der Waals surface area contributed by atoms with Gasteiger partial charge in [-0.25, -0.2) is 4.79 Å². The first-order chi connectivity index (χ1) is 11.8. The number of hydrogen-bond donors (Lipinski definition) is 0. The van der Waals surface area contributed by atoms with Crippen molar-refractivity contribution in [3.63, 3.8) is 0 Å². The van der Waals surface area contributed by atoms with E-state index in [1.54, 1.807) is 36.4 Å². The number of nitrogens with zero attached hydrogens (tertiary/aromatic N) is 1. The van der Waals surface area contributed by atoms with E-state index in [0.29, 0.717) is 26.8 Å². The maximum absolute atomic E-state index is 12.7. The zero-order valence-corrected chi connectivity index (χ0v) is 14.7. The third-order valence-corrected chi connectivity index (χ3v) is 4.09. The third-order valence-electron chi connectivity index (χ3n) is 4.09. The Morgan fingerprint density at radius 2 is 1.68 bits per heavy atom. The molecule has 0 aliphatic rings. The zero-order valence-electron chi connectivity index (χ0n) is 14.7. The number of rotatable bonds is 4. The first-order valence-electron chi connectivity index (χ1n) is 7.88. The minimum atomic E-state index is -0.651. The fourth-order valence-corrected chi connectivity index (χ4v) is 2.59. The zero-order chi connectivity index (χ0) is 18.2. The van der Waals surface area contributed by atoms with Crippen LogP contribution in [-0.4, -0.2) is 34.0 Å². The van der Waals surface area contributed by atoms with Gasteiger partial charge in [0.25, 0.3) is 0 Å². The molecule has 0 bridgehead atoms. The molecule has 5 heteroatoms. The van der Waals surface area contributed by atoms with Crippen molar-refractivity contribution in [1.29, 1.82) is 0 Å². The predicted molar refractivity (Wildman–Crippen MR) is 98.5 cm³/mol. The van der Waals surface area contributed by atoms with Gasteiger partial charge in [-0.3, -0.25) is 9.28 Å². The van der Waals surface area contributed by atoms with Crippen LogP contribution in [0, 0.1) is 0 Å². The van der Waals surface area contributed by atoms with Crippen LogP contribution in [0.3, 0.4) is 0 Å². The summed E-state index contributed by atoms with van der Waals surface area (Å²) in [6.45, 7) is 0. The molecule has 0 spiro atoms. The van der Waals surface area contributed by atoms with E-state index >= 15 is 0 Å². The summed E-state index contributed by atoms with van der Waals surface area (Å²) in [4.78, 5) is 24.9. The van der Waals surface area contributed by atoms with E-state index in [2.05, 4.69) is 0 Å². The van der Waals surface area contributed by atoms with Gasteiger partial charge in [-0.1, -0.05) is 0 Å². The van der Waals surface area contributed by atoms with Crippen LogP contribution in [0.5, 0.6) is 5.75 Å². The topological polar surface area (TPSA) is 56.5 Å². The van der Waals surface area contributed by atoms with Crippen molar-refractivity contribution in [2.45, 2.75) is 0 Å². The second kappa shape index (κ2) is 6.18. The number of carbonyl (C=O) groups is 1. The molecule has 2 aromatic carbocycles. The summed E-state index contributed by atoms with van der Waals surface area (Å²) < 4.78 is 11.1. The monoisotopic (exact) mass is 338 g/mol. The summed E-state index contributed by atoms with van der Waals surface area (Å²) in [6, 6.07) is 14.0. The van der Waals surface area contributed by atoms with Gasteiger partial charge in [0.2, 0.25) is 0 Å². The lowest BCUT2D eigenvalue weighted by Gasteiger charge is -2.23. The minimum absolute atomic E-state index is 0.0238. The summed E-state index contributed by atoms with van der Waals surface area (Å²) in [5.41, 5.74) is 1.28. The van der Waals surface area contributed by atoms with Crippen molar-refractivity contribution < 1.29 is 13.9 Å². The molecular formula is C20H20NO4+. The highest BCUT2D eigenvalue weighted by atomic mass is 16.5. The molecule has 0 aliphatic carbocycles. The number of quaternary nitrogens is 1. The number of benzene rings is 2. The Bertz CT molecular complexity index is 995. The van der Waals surface area contributed by atoms with Crippen LogP contribution < -0.4 is 14.8 Å². The standard InChI is InChI=1S/C20H20NO4/c1-21(2,3)15-8-5-13(6-9-15)19(22)17-11-14-7-10-16(24-4)12-18(14)25-20(17)23/h5-12H,1-4H3/q+1. The second-order valence-corrected chi connectivity index (χ2v) is 6.74. The molecule has 0 unspecified atom stereocenters. The molecule has 0 fully saturated rings. The normalized spacial score (nSPS) is 11.5. The van der Waals surface area contributed by atoms with E-state index in [9.17, 15) is 9.59 Å². The molecule has 0 aliphatic heterocycles. The second-order valence-electron chi connectivity index (χ2n) is 6.74. The van der Waals surface area contributed by atoms with Crippen molar-refractivity contribution in [2.75, 3.05) is 28.3 Å². The Morgan fingerprint density at radius 3 is 2.28 bits per heavy atom. The average Bonchev–Trinajstić information content (AvgIpc) is 2.59. The number of methoxy groups -OCH3 is 1. The lowest BCUT2D eigenvalue weighted by molar-refractivity contribution is 0.103. The van der Waals surface area contributed by atoms with Gasteiger partial charge in [0.15, 0.2) is 5.78 Å². The molecule has 0 radical (unpaired) electrons. The van der Waals surface area contributed by atoms with Crippen molar-refractivity contribution in [3.05, 3.63) is 70.1 Å². The fraction of sp³-hybridized carbons (Fsp3) is 0.200. The van der Waals surface area contributed by atoms with Crippen LogP contribution in [-0.2, 0) is 0 Å². The smallest absolute Gasteiger partial charge is 0.347 e. The van der Waals surface area contributed by atoms with Crippen LogP contribution in [0.25, 0.3) is 11.0 Å². The minimum Gasteiger partial charge on any atom is -0.497 e. The van der Waals surface area contributed by atoms with Crippen molar-refractivity contribution in [3.8, 4) is 5.75 Å². The lowest BCUT2D eigenvalue weighted by Crippen LogP contribution is -2.34. The summed E-state index contributed by atoms with van der Waals surface area (Å²) in [5, 5.41) is 0.673.